The maximum absolute atomic E-state index is 11.4. The van der Waals surface area contributed by atoms with Gasteiger partial charge in [-0.1, -0.05) is 17.7 Å². The molecule has 0 saturated heterocycles. The molecule has 0 bridgehead atoms. The average molecular weight is 370 g/mol. The number of carbonyl (C=O) groups excluding carboxylic acids is 2. The Morgan fingerprint density at radius 3 is 2.68 bits per heavy atom. The Hall–Kier alpha value is -3.07. The number of ether oxygens (including phenoxy) is 2. The zero-order valence-corrected chi connectivity index (χ0v) is 14.0. The van der Waals surface area contributed by atoms with Crippen LogP contribution in [0.4, 0.5) is 0 Å². The van der Waals surface area contributed by atoms with Crippen molar-refractivity contribution in [2.75, 3.05) is 20.3 Å². The molecule has 0 atom stereocenters. The van der Waals surface area contributed by atoms with Crippen molar-refractivity contribution < 1.29 is 29.0 Å². The molecule has 1 aromatic carbocycles. The van der Waals surface area contributed by atoms with E-state index in [1.165, 1.54) is 31.5 Å². The van der Waals surface area contributed by atoms with Gasteiger partial charge in [-0.05, 0) is 17.7 Å². The van der Waals surface area contributed by atoms with Crippen molar-refractivity contribution >= 4 is 35.6 Å². The molecular weight excluding hydrogens is 354 g/mol. The van der Waals surface area contributed by atoms with Gasteiger partial charge < -0.3 is 19.9 Å². The van der Waals surface area contributed by atoms with Crippen LogP contribution in [-0.4, -0.2) is 49.4 Å². The minimum atomic E-state index is -1.17. The predicted molar refractivity (Wildman–Crippen MR) is 90.1 cm³/mol. The first-order valence-corrected chi connectivity index (χ1v) is 7.21. The number of carbonyl (C=O) groups is 3. The number of nitrogens with zero attached hydrogens (tertiary/aromatic N) is 1. The lowest BCUT2D eigenvalue weighted by Crippen LogP contribution is -2.37. The van der Waals surface area contributed by atoms with Gasteiger partial charge in [-0.15, -0.1) is 6.58 Å². The molecule has 0 radical (unpaired) electrons. The average Bonchev–Trinajstić information content (AvgIpc) is 2.57. The number of nitrogens with one attached hydrogen (secondary N) is 2. The number of hydrazone groups is 1. The summed E-state index contributed by atoms with van der Waals surface area (Å²) in [6, 6.07) is 2.89. The number of benzene rings is 1. The van der Waals surface area contributed by atoms with Gasteiger partial charge in [0.2, 0.25) is 0 Å². The second-order valence-corrected chi connectivity index (χ2v) is 4.82. The van der Waals surface area contributed by atoms with E-state index in [1.54, 1.807) is 0 Å². The third-order valence-corrected chi connectivity index (χ3v) is 2.87. The lowest BCUT2D eigenvalue weighted by molar-refractivity contribution is -0.139. The summed E-state index contributed by atoms with van der Waals surface area (Å²) in [6.07, 6.45) is 2.66. The van der Waals surface area contributed by atoms with Crippen LogP contribution in [0.3, 0.4) is 0 Å². The Morgan fingerprint density at radius 2 is 2.08 bits per heavy atom. The summed E-state index contributed by atoms with van der Waals surface area (Å²) in [5.74, 6) is -2.72. The largest absolute Gasteiger partial charge is 0.493 e. The van der Waals surface area contributed by atoms with Crippen molar-refractivity contribution in [1.82, 2.24) is 10.7 Å². The molecular formula is C15H16ClN3O6. The summed E-state index contributed by atoms with van der Waals surface area (Å²) in [6.45, 7) is 2.97. The van der Waals surface area contributed by atoms with E-state index in [9.17, 15) is 14.4 Å². The van der Waals surface area contributed by atoms with E-state index in [1.807, 2.05) is 5.43 Å². The minimum Gasteiger partial charge on any atom is -0.493 e. The van der Waals surface area contributed by atoms with Gasteiger partial charge in [0.25, 0.3) is 0 Å². The Labute approximate surface area is 148 Å². The number of hydrogen-bond acceptors (Lipinski definition) is 6. The van der Waals surface area contributed by atoms with E-state index in [0.29, 0.717) is 5.56 Å². The van der Waals surface area contributed by atoms with Crippen molar-refractivity contribution in [3.05, 3.63) is 35.4 Å². The highest BCUT2D eigenvalue weighted by molar-refractivity contribution is 6.35. The Bertz CT molecular complexity index is 705. The van der Waals surface area contributed by atoms with E-state index in [2.05, 4.69) is 17.0 Å². The predicted octanol–water partition coefficient (Wildman–Crippen LogP) is 0.564. The van der Waals surface area contributed by atoms with Crippen LogP contribution in [0, 0.1) is 0 Å². The molecule has 25 heavy (non-hydrogen) atoms. The van der Waals surface area contributed by atoms with Gasteiger partial charge >= 0.3 is 17.8 Å². The number of methoxy groups -OCH3 is 1. The maximum atomic E-state index is 11.4. The van der Waals surface area contributed by atoms with Crippen molar-refractivity contribution in [3.8, 4) is 11.5 Å². The van der Waals surface area contributed by atoms with Crippen LogP contribution >= 0.6 is 11.6 Å². The second kappa shape index (κ2) is 9.93. The van der Waals surface area contributed by atoms with E-state index < -0.39 is 24.4 Å². The third-order valence-electron chi connectivity index (χ3n) is 2.58. The van der Waals surface area contributed by atoms with Gasteiger partial charge in [0.1, 0.15) is 0 Å². The fourth-order valence-corrected chi connectivity index (χ4v) is 1.82. The standard InChI is InChI=1S/C15H16ClN3O6/c1-3-4-17-14(22)15(23)19-18-7-9-5-10(16)13(11(6-9)24-2)25-8-12(20)21/h3,5-7H,1,4,8H2,2H3,(H,17,22)(H,19,23)(H,20,21)/b18-7-. The molecule has 0 aliphatic carbocycles. The summed E-state index contributed by atoms with van der Waals surface area (Å²) >= 11 is 6.03. The van der Waals surface area contributed by atoms with Gasteiger partial charge in [0.15, 0.2) is 18.1 Å². The summed E-state index contributed by atoms with van der Waals surface area (Å²) in [4.78, 5) is 33.3. The number of aliphatic carboxylic acids is 1. The first-order chi connectivity index (χ1) is 11.9. The minimum absolute atomic E-state index is 0.0663. The number of halogens is 1. The quantitative estimate of drug-likeness (QED) is 0.266. The molecule has 0 fully saturated rings. The number of carboxylic acids is 1. The summed E-state index contributed by atoms with van der Waals surface area (Å²) < 4.78 is 10.1. The topological polar surface area (TPSA) is 126 Å². The summed E-state index contributed by atoms with van der Waals surface area (Å²) in [7, 11) is 1.35. The zero-order chi connectivity index (χ0) is 18.8. The molecule has 0 unspecified atom stereocenters. The Morgan fingerprint density at radius 1 is 1.36 bits per heavy atom. The van der Waals surface area contributed by atoms with E-state index in [0.717, 1.165) is 0 Å². The molecule has 1 aromatic rings. The molecule has 9 nitrogen and oxygen atoms in total. The molecule has 0 aliphatic rings. The first kappa shape index (κ1) is 20.0. The fourth-order valence-electron chi connectivity index (χ4n) is 1.55. The van der Waals surface area contributed by atoms with Crippen molar-refractivity contribution in [1.29, 1.82) is 0 Å². The van der Waals surface area contributed by atoms with Gasteiger partial charge in [0.05, 0.1) is 18.3 Å². The van der Waals surface area contributed by atoms with Crippen LogP contribution in [0.2, 0.25) is 5.02 Å². The molecule has 2 amide bonds. The molecule has 0 heterocycles. The highest BCUT2D eigenvalue weighted by atomic mass is 35.5. The van der Waals surface area contributed by atoms with Crippen LogP contribution in [0.1, 0.15) is 5.56 Å². The molecule has 1 rings (SSSR count). The number of hydrogen-bond donors (Lipinski definition) is 3. The van der Waals surface area contributed by atoms with Crippen LogP contribution in [-0.2, 0) is 14.4 Å². The molecule has 134 valence electrons. The highest BCUT2D eigenvalue weighted by Crippen LogP contribution is 2.35. The molecule has 0 aromatic heterocycles. The number of carboxylic acid groups (broad SMARTS) is 1. The van der Waals surface area contributed by atoms with Crippen molar-refractivity contribution in [2.45, 2.75) is 0 Å². The molecule has 3 N–H and O–H groups in total. The molecule has 0 aliphatic heterocycles. The Balaban J connectivity index is 2.80. The second-order valence-electron chi connectivity index (χ2n) is 4.41. The zero-order valence-electron chi connectivity index (χ0n) is 13.2. The fraction of sp³-hybridized carbons (Fsp3) is 0.200. The third kappa shape index (κ3) is 6.51. The SMILES string of the molecule is C=CCNC(=O)C(=O)N/N=C\c1cc(Cl)c(OCC(=O)O)c(OC)c1. The van der Waals surface area contributed by atoms with Crippen LogP contribution in [0.15, 0.2) is 29.9 Å². The van der Waals surface area contributed by atoms with Crippen LogP contribution < -0.4 is 20.2 Å². The number of amides is 2. The van der Waals surface area contributed by atoms with Crippen LogP contribution in [0.5, 0.6) is 11.5 Å². The molecule has 0 spiro atoms. The van der Waals surface area contributed by atoms with Gasteiger partial charge in [-0.3, -0.25) is 9.59 Å². The smallest absolute Gasteiger partial charge is 0.341 e. The monoisotopic (exact) mass is 369 g/mol. The van der Waals surface area contributed by atoms with Gasteiger partial charge in [-0.25, -0.2) is 10.2 Å². The summed E-state index contributed by atoms with van der Waals surface area (Å²) in [5.41, 5.74) is 2.47. The Kier molecular flexibility index (Phi) is 7.94. The van der Waals surface area contributed by atoms with Gasteiger partial charge in [0, 0.05) is 6.54 Å². The van der Waals surface area contributed by atoms with Gasteiger partial charge in [-0.2, -0.15) is 5.10 Å². The van der Waals surface area contributed by atoms with Crippen molar-refractivity contribution in [2.24, 2.45) is 5.10 Å². The van der Waals surface area contributed by atoms with Crippen LogP contribution in [0.25, 0.3) is 0 Å². The van der Waals surface area contributed by atoms with E-state index in [4.69, 9.17) is 26.2 Å². The summed E-state index contributed by atoms with van der Waals surface area (Å²) in [5, 5.41) is 14.7. The van der Waals surface area contributed by atoms with Crippen molar-refractivity contribution in [3.63, 3.8) is 0 Å². The maximum Gasteiger partial charge on any atom is 0.341 e. The lowest BCUT2D eigenvalue weighted by Gasteiger charge is -2.11. The number of rotatable bonds is 8. The lowest BCUT2D eigenvalue weighted by atomic mass is 10.2. The first-order valence-electron chi connectivity index (χ1n) is 6.83. The molecule has 10 heteroatoms. The van der Waals surface area contributed by atoms with E-state index in [-0.39, 0.29) is 23.1 Å². The molecule has 0 saturated carbocycles. The highest BCUT2D eigenvalue weighted by Gasteiger charge is 2.14. The van der Waals surface area contributed by atoms with E-state index >= 15 is 0 Å². The normalized spacial score (nSPS) is 10.2.